The van der Waals surface area contributed by atoms with Crippen LogP contribution in [-0.4, -0.2) is 47.1 Å². The number of carbonyl (C=O) groups excluding carboxylic acids is 2. The molecule has 3 aliphatic rings. The smallest absolute Gasteiger partial charge is 0.317 e. The minimum absolute atomic E-state index is 0.0663. The number of nitrogens with zero attached hydrogens (tertiary/aromatic N) is 2. The Labute approximate surface area is 172 Å². The van der Waals surface area contributed by atoms with E-state index >= 15 is 0 Å². The molecule has 0 aromatic carbocycles. The minimum Gasteiger partial charge on any atom is -0.474 e. The van der Waals surface area contributed by atoms with Crippen molar-refractivity contribution in [1.82, 2.24) is 15.2 Å². The first-order valence-corrected chi connectivity index (χ1v) is 11.2. The summed E-state index contributed by atoms with van der Waals surface area (Å²) in [6.45, 7) is 1.41. The van der Waals surface area contributed by atoms with Gasteiger partial charge in [0.15, 0.2) is 0 Å². The number of anilines is 1. The Kier molecular flexibility index (Phi) is 6.52. The fourth-order valence-electron chi connectivity index (χ4n) is 4.30. The van der Waals surface area contributed by atoms with Gasteiger partial charge in [0.25, 0.3) is 0 Å². The number of aromatic nitrogens is 1. The normalized spacial score (nSPS) is 21.3. The standard InChI is InChI=1S/C22H32N4O3/c27-21(16-5-4-6-16)24-18-9-10-20(23-15-18)29-19-11-13-26(14-12-19)22(28)25-17-7-2-1-3-8-17/h9-10,15-17,19H,1-8,11-14H2,(H,24,27)(H,25,28). The molecular weight excluding hydrogens is 368 g/mol. The zero-order valence-corrected chi connectivity index (χ0v) is 17.1. The highest BCUT2D eigenvalue weighted by molar-refractivity contribution is 5.92. The average Bonchev–Trinajstić information content (AvgIpc) is 2.69. The minimum atomic E-state index is 0.0663. The van der Waals surface area contributed by atoms with E-state index in [1.54, 1.807) is 12.3 Å². The van der Waals surface area contributed by atoms with Crippen LogP contribution in [0.15, 0.2) is 18.3 Å². The van der Waals surface area contributed by atoms with E-state index in [1.807, 2.05) is 11.0 Å². The number of nitrogens with one attached hydrogen (secondary N) is 2. The van der Waals surface area contributed by atoms with Crippen LogP contribution in [0.3, 0.4) is 0 Å². The molecular formula is C22H32N4O3. The second-order valence-corrected chi connectivity index (χ2v) is 8.59. The molecule has 1 aliphatic heterocycles. The fourth-order valence-corrected chi connectivity index (χ4v) is 4.30. The molecule has 7 heteroatoms. The Balaban J connectivity index is 1.19. The van der Waals surface area contributed by atoms with Gasteiger partial charge in [0.1, 0.15) is 6.10 Å². The van der Waals surface area contributed by atoms with E-state index in [4.69, 9.17) is 4.74 Å². The maximum absolute atomic E-state index is 12.5. The lowest BCUT2D eigenvalue weighted by molar-refractivity contribution is -0.122. The molecule has 1 saturated heterocycles. The molecule has 0 spiro atoms. The van der Waals surface area contributed by atoms with E-state index < -0.39 is 0 Å². The number of carbonyl (C=O) groups is 2. The number of likely N-dealkylation sites (tertiary alicyclic amines) is 1. The number of rotatable bonds is 5. The number of hydrogen-bond acceptors (Lipinski definition) is 4. The van der Waals surface area contributed by atoms with Gasteiger partial charge in [-0.3, -0.25) is 4.79 Å². The lowest BCUT2D eigenvalue weighted by Gasteiger charge is -2.33. The summed E-state index contributed by atoms with van der Waals surface area (Å²) in [4.78, 5) is 30.7. The van der Waals surface area contributed by atoms with Gasteiger partial charge < -0.3 is 20.3 Å². The molecule has 2 saturated carbocycles. The van der Waals surface area contributed by atoms with Crippen LogP contribution >= 0.6 is 0 Å². The summed E-state index contributed by atoms with van der Waals surface area (Å²) in [5.74, 6) is 0.814. The van der Waals surface area contributed by atoms with Crippen molar-refractivity contribution >= 4 is 17.6 Å². The van der Waals surface area contributed by atoms with Crippen molar-refractivity contribution in [2.24, 2.45) is 5.92 Å². The maximum Gasteiger partial charge on any atom is 0.317 e. The van der Waals surface area contributed by atoms with Crippen LogP contribution in [0.25, 0.3) is 0 Å². The average molecular weight is 401 g/mol. The Morgan fingerprint density at radius 1 is 0.966 bits per heavy atom. The van der Waals surface area contributed by atoms with E-state index in [0.717, 1.165) is 44.9 Å². The van der Waals surface area contributed by atoms with Gasteiger partial charge in [-0.1, -0.05) is 25.7 Å². The number of pyridine rings is 1. The number of piperidine rings is 1. The van der Waals surface area contributed by atoms with E-state index in [2.05, 4.69) is 15.6 Å². The van der Waals surface area contributed by atoms with Crippen LogP contribution in [-0.2, 0) is 4.79 Å². The highest BCUT2D eigenvalue weighted by Crippen LogP contribution is 2.28. The van der Waals surface area contributed by atoms with Crippen molar-refractivity contribution in [2.45, 2.75) is 76.4 Å². The van der Waals surface area contributed by atoms with Gasteiger partial charge in [-0.2, -0.15) is 0 Å². The van der Waals surface area contributed by atoms with Crippen molar-refractivity contribution in [3.05, 3.63) is 18.3 Å². The zero-order chi connectivity index (χ0) is 20.1. The van der Waals surface area contributed by atoms with Gasteiger partial charge in [0, 0.05) is 44.0 Å². The van der Waals surface area contributed by atoms with Crippen LogP contribution in [0.1, 0.15) is 64.2 Å². The summed E-state index contributed by atoms with van der Waals surface area (Å²) < 4.78 is 5.99. The Bertz CT molecular complexity index is 691. The molecule has 3 fully saturated rings. The molecule has 3 amide bonds. The van der Waals surface area contributed by atoms with Crippen molar-refractivity contribution in [3.8, 4) is 5.88 Å². The van der Waals surface area contributed by atoms with E-state index in [9.17, 15) is 9.59 Å². The molecule has 29 heavy (non-hydrogen) atoms. The maximum atomic E-state index is 12.5. The summed E-state index contributed by atoms with van der Waals surface area (Å²) in [6.07, 6.45) is 12.4. The van der Waals surface area contributed by atoms with Gasteiger partial charge in [-0.05, 0) is 31.7 Å². The Morgan fingerprint density at radius 3 is 2.34 bits per heavy atom. The molecule has 7 nitrogen and oxygen atoms in total. The summed E-state index contributed by atoms with van der Waals surface area (Å²) in [5.41, 5.74) is 0.712. The highest BCUT2D eigenvalue weighted by atomic mass is 16.5. The van der Waals surface area contributed by atoms with Crippen molar-refractivity contribution in [1.29, 1.82) is 0 Å². The first-order valence-electron chi connectivity index (χ1n) is 11.2. The summed E-state index contributed by atoms with van der Waals surface area (Å²) in [7, 11) is 0. The third-order valence-corrected chi connectivity index (χ3v) is 6.43. The molecule has 158 valence electrons. The SMILES string of the molecule is O=C(Nc1ccc(OC2CCN(C(=O)NC3CCCCC3)CC2)nc1)C1CCC1. The van der Waals surface area contributed by atoms with Crippen molar-refractivity contribution in [3.63, 3.8) is 0 Å². The molecule has 0 atom stereocenters. The second kappa shape index (κ2) is 9.46. The van der Waals surface area contributed by atoms with Crippen LogP contribution in [0.5, 0.6) is 5.88 Å². The molecule has 1 aromatic heterocycles. The van der Waals surface area contributed by atoms with Crippen LogP contribution < -0.4 is 15.4 Å². The molecule has 1 aromatic rings. The number of ether oxygens (including phenoxy) is 1. The van der Waals surface area contributed by atoms with Gasteiger partial charge in [-0.15, -0.1) is 0 Å². The topological polar surface area (TPSA) is 83.6 Å². The van der Waals surface area contributed by atoms with Gasteiger partial charge in [-0.25, -0.2) is 9.78 Å². The van der Waals surface area contributed by atoms with E-state index in [-0.39, 0.29) is 24.0 Å². The highest BCUT2D eigenvalue weighted by Gasteiger charge is 2.27. The molecule has 2 N–H and O–H groups in total. The molecule has 0 bridgehead atoms. The molecule has 2 heterocycles. The van der Waals surface area contributed by atoms with Crippen LogP contribution in [0.2, 0.25) is 0 Å². The monoisotopic (exact) mass is 400 g/mol. The van der Waals surface area contributed by atoms with Crippen LogP contribution in [0.4, 0.5) is 10.5 Å². The summed E-state index contributed by atoms with van der Waals surface area (Å²) >= 11 is 0. The number of urea groups is 1. The first kappa shape index (κ1) is 20.0. The molecule has 0 unspecified atom stereocenters. The largest absolute Gasteiger partial charge is 0.474 e. The van der Waals surface area contributed by atoms with Gasteiger partial charge >= 0.3 is 6.03 Å². The van der Waals surface area contributed by atoms with E-state index in [1.165, 1.54) is 19.3 Å². The predicted octanol–water partition coefficient (Wildman–Crippen LogP) is 3.71. The van der Waals surface area contributed by atoms with Gasteiger partial charge in [0.05, 0.1) is 11.9 Å². The Morgan fingerprint density at radius 2 is 1.72 bits per heavy atom. The van der Waals surface area contributed by atoms with Crippen LogP contribution in [0, 0.1) is 5.92 Å². The van der Waals surface area contributed by atoms with E-state index in [0.29, 0.717) is 30.7 Å². The number of amides is 3. The zero-order valence-electron chi connectivity index (χ0n) is 17.1. The second-order valence-electron chi connectivity index (χ2n) is 8.59. The number of hydrogen-bond donors (Lipinski definition) is 2. The first-order chi connectivity index (χ1) is 14.2. The quantitative estimate of drug-likeness (QED) is 0.789. The van der Waals surface area contributed by atoms with Crippen molar-refractivity contribution in [2.75, 3.05) is 18.4 Å². The fraction of sp³-hybridized carbons (Fsp3) is 0.682. The molecule has 4 rings (SSSR count). The Hall–Kier alpha value is -2.31. The third-order valence-electron chi connectivity index (χ3n) is 6.43. The van der Waals surface area contributed by atoms with Gasteiger partial charge in [0.2, 0.25) is 11.8 Å². The lowest BCUT2D eigenvalue weighted by Crippen LogP contribution is -2.49. The molecule has 0 radical (unpaired) electrons. The summed E-state index contributed by atoms with van der Waals surface area (Å²) in [5, 5.41) is 6.11. The lowest BCUT2D eigenvalue weighted by atomic mass is 9.85. The third kappa shape index (κ3) is 5.40. The van der Waals surface area contributed by atoms with Crippen molar-refractivity contribution < 1.29 is 14.3 Å². The molecule has 2 aliphatic carbocycles. The summed E-state index contributed by atoms with van der Waals surface area (Å²) in [6, 6.07) is 4.06. The predicted molar refractivity (Wildman–Crippen MR) is 111 cm³/mol.